The van der Waals surface area contributed by atoms with Gasteiger partial charge in [-0.1, -0.05) is 30.3 Å². The highest BCUT2D eigenvalue weighted by molar-refractivity contribution is 6.00. The number of benzene rings is 1. The molecule has 1 aliphatic heterocycles. The highest BCUT2D eigenvalue weighted by Crippen LogP contribution is 2.03. The number of quaternary nitrogens is 1. The highest BCUT2D eigenvalue weighted by atomic mass is 16.2. The summed E-state index contributed by atoms with van der Waals surface area (Å²) < 4.78 is 0. The summed E-state index contributed by atoms with van der Waals surface area (Å²) in [6.07, 6.45) is 3.01. The number of carbonyl (C=O) groups excluding carboxylic acids is 2. The fourth-order valence-electron chi connectivity index (χ4n) is 2.62. The summed E-state index contributed by atoms with van der Waals surface area (Å²) in [5.41, 5.74) is 0.666. The molecule has 1 aromatic rings. The molecular weight excluding hydrogens is 240 g/mol. The highest BCUT2D eigenvalue weighted by Gasteiger charge is 2.32. The average Bonchev–Trinajstić information content (AvgIpc) is 2.46. The predicted molar refractivity (Wildman–Crippen MR) is 72.9 cm³/mol. The Morgan fingerprint density at radius 1 is 1.11 bits per heavy atom. The molecule has 0 aliphatic carbocycles. The molecule has 2 rings (SSSR count). The van der Waals surface area contributed by atoms with E-state index in [1.54, 1.807) is 12.1 Å². The molecule has 1 amide bonds. The van der Waals surface area contributed by atoms with Crippen molar-refractivity contribution in [1.29, 1.82) is 0 Å². The van der Waals surface area contributed by atoms with Crippen LogP contribution in [0, 0.1) is 0 Å². The zero-order valence-electron chi connectivity index (χ0n) is 11.3. The number of piperidine rings is 1. The third kappa shape index (κ3) is 3.64. The van der Waals surface area contributed by atoms with E-state index in [4.69, 9.17) is 0 Å². The Hall–Kier alpha value is -1.68. The van der Waals surface area contributed by atoms with Gasteiger partial charge in [0.25, 0.3) is 0 Å². The average molecular weight is 261 g/mol. The molecule has 102 valence electrons. The Morgan fingerprint density at radius 2 is 1.74 bits per heavy atom. The summed E-state index contributed by atoms with van der Waals surface area (Å²) in [7, 11) is 0. The minimum atomic E-state index is -0.444. The van der Waals surface area contributed by atoms with Crippen LogP contribution in [0.1, 0.15) is 36.5 Å². The minimum absolute atomic E-state index is 0.00713. The number of hydrogen-bond donors (Lipinski definition) is 2. The SMILES string of the molecule is CC(=O)N[C@H](C(=O)c1ccccc1)[NH+]1CCCCC1. The lowest BCUT2D eigenvalue weighted by atomic mass is 10.0. The summed E-state index contributed by atoms with van der Waals surface area (Å²) in [5.74, 6) is -0.139. The van der Waals surface area contributed by atoms with Crippen molar-refractivity contribution in [3.05, 3.63) is 35.9 Å². The first-order chi connectivity index (χ1) is 9.18. The summed E-state index contributed by atoms with van der Waals surface area (Å²) >= 11 is 0. The molecule has 0 saturated carbocycles. The molecular formula is C15H21N2O2+. The fraction of sp³-hybridized carbons (Fsp3) is 0.467. The third-order valence-electron chi connectivity index (χ3n) is 3.57. The van der Waals surface area contributed by atoms with Crippen LogP contribution in [0.2, 0.25) is 0 Å². The molecule has 0 radical (unpaired) electrons. The van der Waals surface area contributed by atoms with Crippen molar-refractivity contribution in [1.82, 2.24) is 5.32 Å². The molecule has 0 aromatic heterocycles. The van der Waals surface area contributed by atoms with Crippen molar-refractivity contribution >= 4 is 11.7 Å². The minimum Gasteiger partial charge on any atom is -0.309 e. The van der Waals surface area contributed by atoms with Crippen molar-refractivity contribution in [3.8, 4) is 0 Å². The predicted octanol–water partition coefficient (Wildman–Crippen LogP) is 0.400. The normalized spacial score (nSPS) is 17.7. The number of ketones is 1. The van der Waals surface area contributed by atoms with E-state index in [0.717, 1.165) is 25.9 Å². The van der Waals surface area contributed by atoms with Crippen LogP contribution in [0.5, 0.6) is 0 Å². The molecule has 1 aromatic carbocycles. The number of carbonyl (C=O) groups is 2. The van der Waals surface area contributed by atoms with Gasteiger partial charge in [0.2, 0.25) is 17.9 Å². The van der Waals surface area contributed by atoms with Crippen molar-refractivity contribution < 1.29 is 14.5 Å². The quantitative estimate of drug-likeness (QED) is 0.771. The Morgan fingerprint density at radius 3 is 2.32 bits per heavy atom. The van der Waals surface area contributed by atoms with Crippen LogP contribution in [0.25, 0.3) is 0 Å². The van der Waals surface area contributed by atoms with Gasteiger partial charge in [-0.15, -0.1) is 0 Å². The molecule has 1 atom stereocenters. The maximum Gasteiger partial charge on any atom is 0.241 e. The number of likely N-dealkylation sites (tertiary alicyclic amines) is 1. The zero-order chi connectivity index (χ0) is 13.7. The summed E-state index contributed by atoms with van der Waals surface area (Å²) in [6.45, 7) is 3.36. The molecule has 4 heteroatoms. The third-order valence-corrected chi connectivity index (χ3v) is 3.57. The van der Waals surface area contributed by atoms with Crippen LogP contribution >= 0.6 is 0 Å². The van der Waals surface area contributed by atoms with Gasteiger partial charge < -0.3 is 10.2 Å². The fourth-order valence-corrected chi connectivity index (χ4v) is 2.62. The van der Waals surface area contributed by atoms with E-state index in [0.29, 0.717) is 5.56 Å². The van der Waals surface area contributed by atoms with Gasteiger partial charge in [-0.2, -0.15) is 0 Å². The van der Waals surface area contributed by atoms with Gasteiger partial charge in [0.05, 0.1) is 13.1 Å². The lowest BCUT2D eigenvalue weighted by Gasteiger charge is -2.30. The largest absolute Gasteiger partial charge is 0.309 e. The zero-order valence-corrected chi connectivity index (χ0v) is 11.3. The Balaban J connectivity index is 2.16. The first-order valence-corrected chi connectivity index (χ1v) is 6.89. The number of amides is 1. The summed E-state index contributed by atoms with van der Waals surface area (Å²) in [4.78, 5) is 25.1. The van der Waals surface area contributed by atoms with Crippen LogP contribution in [0.3, 0.4) is 0 Å². The van der Waals surface area contributed by atoms with Gasteiger partial charge in [0.15, 0.2) is 0 Å². The number of hydrogen-bond acceptors (Lipinski definition) is 2. The molecule has 0 unspecified atom stereocenters. The van der Waals surface area contributed by atoms with Crippen LogP contribution < -0.4 is 10.2 Å². The Labute approximate surface area is 113 Å². The summed E-state index contributed by atoms with van der Waals surface area (Å²) in [5, 5.41) is 2.82. The van der Waals surface area contributed by atoms with E-state index in [2.05, 4.69) is 5.32 Å². The molecule has 1 fully saturated rings. The van der Waals surface area contributed by atoms with Crippen LogP contribution in [-0.4, -0.2) is 30.9 Å². The van der Waals surface area contributed by atoms with Crippen molar-refractivity contribution in [2.24, 2.45) is 0 Å². The van der Waals surface area contributed by atoms with Crippen LogP contribution in [0.15, 0.2) is 30.3 Å². The lowest BCUT2D eigenvalue weighted by Crippen LogP contribution is -3.19. The van der Waals surface area contributed by atoms with E-state index in [9.17, 15) is 9.59 Å². The monoisotopic (exact) mass is 261 g/mol. The first-order valence-electron chi connectivity index (χ1n) is 6.89. The number of nitrogens with one attached hydrogen (secondary N) is 2. The maximum atomic E-state index is 12.5. The van der Waals surface area contributed by atoms with Crippen molar-refractivity contribution in [3.63, 3.8) is 0 Å². The standard InChI is InChI=1S/C15H20N2O2/c1-12(18)16-15(17-10-6-3-7-11-17)14(19)13-8-4-2-5-9-13/h2,4-5,8-9,15H,3,6-7,10-11H2,1H3,(H,16,18)/p+1/t15-/m0/s1. The molecule has 1 aliphatic rings. The molecule has 1 heterocycles. The van der Waals surface area contributed by atoms with Gasteiger partial charge in [0.1, 0.15) is 0 Å². The molecule has 19 heavy (non-hydrogen) atoms. The van der Waals surface area contributed by atoms with Crippen molar-refractivity contribution in [2.75, 3.05) is 13.1 Å². The van der Waals surface area contributed by atoms with Gasteiger partial charge in [0, 0.05) is 12.5 Å². The van der Waals surface area contributed by atoms with Gasteiger partial charge in [-0.25, -0.2) is 0 Å². The maximum absolute atomic E-state index is 12.5. The molecule has 0 spiro atoms. The lowest BCUT2D eigenvalue weighted by molar-refractivity contribution is -0.922. The molecule has 2 N–H and O–H groups in total. The van der Waals surface area contributed by atoms with Gasteiger partial charge >= 0.3 is 0 Å². The van der Waals surface area contributed by atoms with Crippen LogP contribution in [0.4, 0.5) is 0 Å². The Bertz CT molecular complexity index is 439. The van der Waals surface area contributed by atoms with E-state index in [1.165, 1.54) is 18.2 Å². The number of rotatable bonds is 4. The second-order valence-corrected chi connectivity index (χ2v) is 5.08. The smallest absolute Gasteiger partial charge is 0.241 e. The molecule has 4 nitrogen and oxygen atoms in total. The second kappa shape index (κ2) is 6.48. The van der Waals surface area contributed by atoms with E-state index >= 15 is 0 Å². The van der Waals surface area contributed by atoms with Crippen LogP contribution in [-0.2, 0) is 4.79 Å². The molecule has 0 bridgehead atoms. The second-order valence-electron chi connectivity index (χ2n) is 5.08. The van der Waals surface area contributed by atoms with E-state index in [-0.39, 0.29) is 11.7 Å². The van der Waals surface area contributed by atoms with Crippen molar-refractivity contribution in [2.45, 2.75) is 32.4 Å². The van der Waals surface area contributed by atoms with E-state index in [1.807, 2.05) is 18.2 Å². The summed E-state index contributed by atoms with van der Waals surface area (Å²) in [6, 6.07) is 9.20. The molecule has 1 saturated heterocycles. The van der Waals surface area contributed by atoms with E-state index < -0.39 is 6.17 Å². The van der Waals surface area contributed by atoms with Gasteiger partial charge in [-0.05, 0) is 19.3 Å². The topological polar surface area (TPSA) is 50.6 Å². The Kier molecular flexibility index (Phi) is 4.68. The first kappa shape index (κ1) is 13.7. The van der Waals surface area contributed by atoms with Gasteiger partial charge in [-0.3, -0.25) is 9.59 Å². The number of Topliss-reactive ketones (excluding diaryl/α,β-unsaturated/α-hetero) is 1.